The first kappa shape index (κ1) is 24.4. The van der Waals surface area contributed by atoms with Crippen molar-refractivity contribution in [3.05, 3.63) is 36.0 Å². The summed E-state index contributed by atoms with van der Waals surface area (Å²) < 4.78 is 0. The monoisotopic (exact) mass is 431 g/mol. The molecule has 0 aliphatic carbocycles. The van der Waals surface area contributed by atoms with Gasteiger partial charge in [-0.3, -0.25) is 9.59 Å². The van der Waals surface area contributed by atoms with Crippen LogP contribution >= 0.6 is 0 Å². The molecule has 0 saturated carbocycles. The fraction of sp³-hybridized carbons (Fsp3) is 0.500. The van der Waals surface area contributed by atoms with E-state index in [2.05, 4.69) is 15.6 Å². The largest absolute Gasteiger partial charge is 0.480 e. The van der Waals surface area contributed by atoms with E-state index in [1.807, 2.05) is 30.5 Å². The molecular weight excluding hydrogens is 398 g/mol. The van der Waals surface area contributed by atoms with Gasteiger partial charge in [-0.1, -0.05) is 32.0 Å². The van der Waals surface area contributed by atoms with E-state index < -0.39 is 35.9 Å². The van der Waals surface area contributed by atoms with Gasteiger partial charge in [-0.2, -0.15) is 0 Å². The number of para-hydroxylation sites is 1. The lowest BCUT2D eigenvalue weighted by Gasteiger charge is -2.25. The van der Waals surface area contributed by atoms with Gasteiger partial charge in [0.2, 0.25) is 11.8 Å². The van der Waals surface area contributed by atoms with Crippen molar-refractivity contribution in [1.29, 1.82) is 0 Å². The molecule has 0 bridgehead atoms. The van der Waals surface area contributed by atoms with Gasteiger partial charge in [0.05, 0.1) is 6.04 Å². The van der Waals surface area contributed by atoms with E-state index in [4.69, 9.17) is 11.5 Å². The van der Waals surface area contributed by atoms with Crippen molar-refractivity contribution < 1.29 is 19.5 Å². The van der Waals surface area contributed by atoms with Gasteiger partial charge in [0.1, 0.15) is 12.1 Å². The third-order valence-corrected chi connectivity index (χ3v) is 5.26. The highest BCUT2D eigenvalue weighted by Gasteiger charge is 2.30. The molecule has 1 aromatic heterocycles. The minimum Gasteiger partial charge on any atom is -0.480 e. The molecule has 1 heterocycles. The molecule has 8 N–H and O–H groups in total. The van der Waals surface area contributed by atoms with Gasteiger partial charge in [-0.15, -0.1) is 0 Å². The van der Waals surface area contributed by atoms with Gasteiger partial charge >= 0.3 is 5.97 Å². The minimum absolute atomic E-state index is 0.247. The first-order chi connectivity index (χ1) is 14.7. The van der Waals surface area contributed by atoms with Gasteiger partial charge in [-0.25, -0.2) is 4.79 Å². The molecule has 2 amide bonds. The standard InChI is InChI=1S/C22H33N5O4/c1-13(2)19(21(29)26-18(22(30)31)9-5-6-10-23)27-20(28)16(24)11-14-12-25-17-8-4-3-7-15(14)17/h3-4,7-8,12-13,16,18-19,25H,5-6,9-11,23-24H2,1-2H3,(H,26,29)(H,27,28)(H,30,31)/t16-,18-,19-/m0/s1. The molecule has 31 heavy (non-hydrogen) atoms. The number of amides is 2. The number of aliphatic carboxylic acids is 1. The Kier molecular flexibility index (Phi) is 9.02. The molecule has 2 rings (SSSR count). The Morgan fingerprint density at radius 2 is 1.81 bits per heavy atom. The molecule has 1 aromatic carbocycles. The molecule has 0 aliphatic rings. The highest BCUT2D eigenvalue weighted by molar-refractivity contribution is 5.92. The molecule has 2 aromatic rings. The van der Waals surface area contributed by atoms with Crippen LogP contribution in [0.3, 0.4) is 0 Å². The Morgan fingerprint density at radius 1 is 1.10 bits per heavy atom. The second-order valence-electron chi connectivity index (χ2n) is 8.08. The fourth-order valence-corrected chi connectivity index (χ4v) is 3.44. The molecule has 0 radical (unpaired) electrons. The highest BCUT2D eigenvalue weighted by atomic mass is 16.4. The summed E-state index contributed by atoms with van der Waals surface area (Å²) in [5, 5.41) is 15.6. The number of fused-ring (bicyclic) bond motifs is 1. The highest BCUT2D eigenvalue weighted by Crippen LogP contribution is 2.19. The number of nitrogens with two attached hydrogens (primary N) is 2. The van der Waals surface area contributed by atoms with Crippen LogP contribution < -0.4 is 22.1 Å². The van der Waals surface area contributed by atoms with E-state index in [0.29, 0.717) is 25.8 Å². The first-order valence-electron chi connectivity index (χ1n) is 10.6. The van der Waals surface area contributed by atoms with Crippen molar-refractivity contribution in [2.75, 3.05) is 6.54 Å². The Balaban J connectivity index is 2.01. The van der Waals surface area contributed by atoms with E-state index in [0.717, 1.165) is 16.5 Å². The molecule has 0 fully saturated rings. The zero-order valence-electron chi connectivity index (χ0n) is 18.1. The van der Waals surface area contributed by atoms with Crippen LogP contribution in [-0.2, 0) is 20.8 Å². The second-order valence-corrected chi connectivity index (χ2v) is 8.08. The number of hydrogen-bond donors (Lipinski definition) is 6. The van der Waals surface area contributed by atoms with Crippen LogP contribution in [0.1, 0.15) is 38.7 Å². The number of hydrogen-bond acceptors (Lipinski definition) is 5. The molecule has 170 valence electrons. The number of aromatic nitrogens is 1. The maximum atomic E-state index is 12.7. The quantitative estimate of drug-likeness (QED) is 0.273. The van der Waals surface area contributed by atoms with Crippen molar-refractivity contribution in [2.24, 2.45) is 17.4 Å². The number of aromatic amines is 1. The SMILES string of the molecule is CC(C)[C@H](NC(=O)[C@@H](N)Cc1c[nH]c2ccccc12)C(=O)N[C@@H](CCCCN)C(=O)O. The average molecular weight is 432 g/mol. The van der Waals surface area contributed by atoms with Crippen molar-refractivity contribution >= 4 is 28.7 Å². The number of carboxylic acid groups (broad SMARTS) is 1. The van der Waals surface area contributed by atoms with Crippen LogP contribution in [0.5, 0.6) is 0 Å². The lowest BCUT2D eigenvalue weighted by atomic mass is 10.0. The number of H-pyrrole nitrogens is 1. The molecule has 9 nitrogen and oxygen atoms in total. The number of carbonyl (C=O) groups is 3. The predicted octanol–water partition coefficient (Wildman–Crippen LogP) is 0.877. The lowest BCUT2D eigenvalue weighted by Crippen LogP contribution is -2.56. The number of carbonyl (C=O) groups excluding carboxylic acids is 2. The number of nitrogens with one attached hydrogen (secondary N) is 3. The van der Waals surface area contributed by atoms with Crippen LogP contribution in [0.25, 0.3) is 10.9 Å². The van der Waals surface area contributed by atoms with E-state index in [-0.39, 0.29) is 12.3 Å². The fourth-order valence-electron chi connectivity index (χ4n) is 3.44. The maximum Gasteiger partial charge on any atom is 0.326 e. The Hall–Kier alpha value is -2.91. The van der Waals surface area contributed by atoms with Crippen LogP contribution in [0.2, 0.25) is 0 Å². The summed E-state index contributed by atoms with van der Waals surface area (Å²) in [7, 11) is 0. The van der Waals surface area contributed by atoms with Crippen LogP contribution in [0, 0.1) is 5.92 Å². The molecule has 0 saturated heterocycles. The molecule has 9 heteroatoms. The topological polar surface area (TPSA) is 163 Å². The predicted molar refractivity (Wildman–Crippen MR) is 119 cm³/mol. The third kappa shape index (κ3) is 6.80. The van der Waals surface area contributed by atoms with Crippen molar-refractivity contribution in [3.8, 4) is 0 Å². The third-order valence-electron chi connectivity index (χ3n) is 5.26. The first-order valence-corrected chi connectivity index (χ1v) is 10.6. The summed E-state index contributed by atoms with van der Waals surface area (Å²) in [6, 6.07) is 4.95. The van der Waals surface area contributed by atoms with Crippen molar-refractivity contribution in [3.63, 3.8) is 0 Å². The van der Waals surface area contributed by atoms with Crippen LogP contribution in [0.4, 0.5) is 0 Å². The van der Waals surface area contributed by atoms with Gasteiger partial charge in [0.25, 0.3) is 0 Å². The lowest BCUT2D eigenvalue weighted by molar-refractivity contribution is -0.142. The van der Waals surface area contributed by atoms with Crippen molar-refractivity contribution in [1.82, 2.24) is 15.6 Å². The zero-order chi connectivity index (χ0) is 23.0. The molecule has 0 spiro atoms. The Bertz CT molecular complexity index is 895. The summed E-state index contributed by atoms with van der Waals surface area (Å²) in [5.74, 6) is -2.37. The second kappa shape index (κ2) is 11.5. The smallest absolute Gasteiger partial charge is 0.326 e. The molecular formula is C22H33N5O4. The Morgan fingerprint density at radius 3 is 2.45 bits per heavy atom. The van der Waals surface area contributed by atoms with E-state index >= 15 is 0 Å². The summed E-state index contributed by atoms with van der Waals surface area (Å²) >= 11 is 0. The van der Waals surface area contributed by atoms with Gasteiger partial charge in [-0.05, 0) is 49.8 Å². The molecule has 0 unspecified atom stereocenters. The number of rotatable bonds is 12. The van der Waals surface area contributed by atoms with E-state index in [1.165, 1.54) is 0 Å². The number of carboxylic acids is 1. The number of unbranched alkanes of at least 4 members (excludes halogenated alkanes) is 1. The van der Waals surface area contributed by atoms with Crippen LogP contribution in [0.15, 0.2) is 30.5 Å². The zero-order valence-corrected chi connectivity index (χ0v) is 18.1. The summed E-state index contributed by atoms with van der Waals surface area (Å²) in [4.78, 5) is 40.0. The van der Waals surface area contributed by atoms with Gasteiger partial charge < -0.3 is 32.2 Å². The number of benzene rings is 1. The maximum absolute atomic E-state index is 12.7. The Labute approximate surface area is 181 Å². The van der Waals surface area contributed by atoms with E-state index in [1.54, 1.807) is 13.8 Å². The average Bonchev–Trinajstić information content (AvgIpc) is 3.13. The van der Waals surface area contributed by atoms with Gasteiger partial charge in [0, 0.05) is 17.1 Å². The van der Waals surface area contributed by atoms with E-state index in [9.17, 15) is 19.5 Å². The van der Waals surface area contributed by atoms with Gasteiger partial charge in [0.15, 0.2) is 0 Å². The summed E-state index contributed by atoms with van der Waals surface area (Å²) in [6.45, 7) is 4.01. The molecule has 0 aliphatic heterocycles. The van der Waals surface area contributed by atoms with Crippen molar-refractivity contribution in [2.45, 2.75) is 57.7 Å². The molecule has 3 atom stereocenters. The normalized spacial score (nSPS) is 14.2. The minimum atomic E-state index is -1.12. The summed E-state index contributed by atoms with van der Waals surface area (Å²) in [5.41, 5.74) is 13.4. The summed E-state index contributed by atoms with van der Waals surface area (Å²) in [6.07, 6.45) is 3.66. The van der Waals surface area contributed by atoms with Crippen LogP contribution in [-0.4, -0.2) is 52.5 Å².